The molecule has 3 aromatic rings. The molecule has 0 radical (unpaired) electrons. The number of rotatable bonds is 3. The SMILES string of the molecule is CN1CCN(c2nc(N3CCc4ccccc4CC3)nc(-n3cccn3)n2)CC1. The molecule has 0 aliphatic carbocycles. The molecule has 2 aliphatic rings. The second kappa shape index (κ2) is 7.79. The van der Waals surface area contributed by atoms with E-state index in [-0.39, 0.29) is 0 Å². The first-order valence-electron chi connectivity index (χ1n) is 10.3. The van der Waals surface area contributed by atoms with Crippen LogP contribution in [0.2, 0.25) is 0 Å². The van der Waals surface area contributed by atoms with Gasteiger partial charge in [-0.1, -0.05) is 24.3 Å². The van der Waals surface area contributed by atoms with Crippen molar-refractivity contribution in [1.82, 2.24) is 29.6 Å². The molecule has 1 aromatic carbocycles. The highest BCUT2D eigenvalue weighted by Crippen LogP contribution is 2.21. The van der Waals surface area contributed by atoms with Crippen molar-refractivity contribution in [3.63, 3.8) is 0 Å². The molecule has 1 saturated heterocycles. The van der Waals surface area contributed by atoms with Crippen molar-refractivity contribution in [3.05, 3.63) is 53.9 Å². The van der Waals surface area contributed by atoms with E-state index in [1.807, 2.05) is 12.3 Å². The minimum absolute atomic E-state index is 0.579. The van der Waals surface area contributed by atoms with Gasteiger partial charge in [0.05, 0.1) is 0 Å². The van der Waals surface area contributed by atoms with E-state index < -0.39 is 0 Å². The topological polar surface area (TPSA) is 66.2 Å². The molecule has 0 atom stereocenters. The fraction of sp³-hybridized carbons (Fsp3) is 0.429. The molecular formula is C21H26N8. The molecule has 2 aromatic heterocycles. The number of aromatic nitrogens is 5. The van der Waals surface area contributed by atoms with Crippen molar-refractivity contribution in [1.29, 1.82) is 0 Å². The quantitative estimate of drug-likeness (QED) is 0.670. The second-order valence-corrected chi connectivity index (χ2v) is 7.73. The molecule has 0 saturated carbocycles. The van der Waals surface area contributed by atoms with Gasteiger partial charge >= 0.3 is 0 Å². The van der Waals surface area contributed by atoms with Gasteiger partial charge in [-0.25, -0.2) is 4.68 Å². The number of hydrogen-bond acceptors (Lipinski definition) is 7. The Morgan fingerprint density at radius 3 is 1.86 bits per heavy atom. The van der Waals surface area contributed by atoms with Crippen LogP contribution in [0.4, 0.5) is 11.9 Å². The number of benzene rings is 1. The third-order valence-corrected chi connectivity index (χ3v) is 5.80. The van der Waals surface area contributed by atoms with Gasteiger partial charge in [-0.2, -0.15) is 20.1 Å². The van der Waals surface area contributed by atoms with Crippen LogP contribution in [0.15, 0.2) is 42.7 Å². The van der Waals surface area contributed by atoms with E-state index >= 15 is 0 Å². The van der Waals surface area contributed by atoms with Crippen LogP contribution in [0, 0.1) is 0 Å². The second-order valence-electron chi connectivity index (χ2n) is 7.73. The average molecular weight is 390 g/mol. The highest BCUT2D eigenvalue weighted by Gasteiger charge is 2.22. The third-order valence-electron chi connectivity index (χ3n) is 5.80. The maximum Gasteiger partial charge on any atom is 0.257 e. The van der Waals surface area contributed by atoms with Gasteiger partial charge in [0, 0.05) is 51.7 Å². The van der Waals surface area contributed by atoms with Gasteiger partial charge in [0.1, 0.15) is 0 Å². The molecule has 0 N–H and O–H groups in total. The summed E-state index contributed by atoms with van der Waals surface area (Å²) in [5.74, 6) is 2.07. The van der Waals surface area contributed by atoms with Crippen molar-refractivity contribution in [2.45, 2.75) is 12.8 Å². The standard InChI is InChI=1S/C21H26N8/c1-26-13-15-28(16-14-26)20-23-19(24-21(25-20)29-10-4-9-22-29)27-11-7-17-5-2-3-6-18(17)8-12-27/h2-6,9-10H,7-8,11-16H2,1H3. The summed E-state index contributed by atoms with van der Waals surface area (Å²) < 4.78 is 1.72. The number of hydrogen-bond donors (Lipinski definition) is 0. The Hall–Kier alpha value is -3.00. The molecule has 5 rings (SSSR count). The normalized spacial score (nSPS) is 17.8. The molecule has 1 fully saturated rings. The summed E-state index contributed by atoms with van der Waals surface area (Å²) in [7, 11) is 2.15. The molecule has 4 heterocycles. The molecule has 150 valence electrons. The highest BCUT2D eigenvalue weighted by atomic mass is 15.4. The molecule has 8 nitrogen and oxygen atoms in total. The van der Waals surface area contributed by atoms with Crippen molar-refractivity contribution in [2.75, 3.05) is 56.1 Å². The summed E-state index contributed by atoms with van der Waals surface area (Å²) in [6, 6.07) is 10.6. The van der Waals surface area contributed by atoms with E-state index in [9.17, 15) is 0 Å². The number of nitrogens with zero attached hydrogens (tertiary/aromatic N) is 8. The molecule has 0 unspecified atom stereocenters. The number of anilines is 2. The fourth-order valence-corrected chi connectivity index (χ4v) is 3.99. The Balaban J connectivity index is 1.47. The van der Waals surface area contributed by atoms with Gasteiger partial charge in [-0.3, -0.25) is 0 Å². The first kappa shape index (κ1) is 18.1. The minimum atomic E-state index is 0.579. The maximum absolute atomic E-state index is 4.89. The molecule has 29 heavy (non-hydrogen) atoms. The summed E-state index contributed by atoms with van der Waals surface area (Å²) in [6.07, 6.45) is 5.64. The van der Waals surface area contributed by atoms with Crippen molar-refractivity contribution < 1.29 is 0 Å². The van der Waals surface area contributed by atoms with E-state index in [0.29, 0.717) is 5.95 Å². The Labute approximate surface area is 170 Å². The van der Waals surface area contributed by atoms with E-state index in [0.717, 1.165) is 64.0 Å². The summed E-state index contributed by atoms with van der Waals surface area (Å²) in [6.45, 7) is 5.67. The van der Waals surface area contributed by atoms with Crippen molar-refractivity contribution in [3.8, 4) is 5.95 Å². The first-order chi connectivity index (χ1) is 14.3. The number of fused-ring (bicyclic) bond motifs is 1. The molecule has 8 heteroatoms. The Morgan fingerprint density at radius 1 is 0.690 bits per heavy atom. The van der Waals surface area contributed by atoms with Crippen LogP contribution in [-0.4, -0.2) is 75.9 Å². The molecule has 0 amide bonds. The molecular weight excluding hydrogens is 364 g/mol. The lowest BCUT2D eigenvalue weighted by atomic mass is 10.0. The lowest BCUT2D eigenvalue weighted by molar-refractivity contribution is 0.311. The number of likely N-dealkylation sites (N-methyl/N-ethyl adjacent to an activating group) is 1. The molecule has 2 aliphatic heterocycles. The monoisotopic (exact) mass is 390 g/mol. The first-order valence-corrected chi connectivity index (χ1v) is 10.3. The smallest absolute Gasteiger partial charge is 0.257 e. The lowest BCUT2D eigenvalue weighted by Crippen LogP contribution is -2.45. The minimum Gasteiger partial charge on any atom is -0.340 e. The number of piperazine rings is 1. The largest absolute Gasteiger partial charge is 0.340 e. The highest BCUT2D eigenvalue weighted by molar-refractivity contribution is 5.44. The summed E-state index contributed by atoms with van der Waals surface area (Å²) in [4.78, 5) is 21.3. The van der Waals surface area contributed by atoms with Crippen LogP contribution >= 0.6 is 0 Å². The Kier molecular flexibility index (Phi) is 4.85. The van der Waals surface area contributed by atoms with E-state index in [2.05, 4.69) is 51.1 Å². The van der Waals surface area contributed by atoms with Crippen LogP contribution < -0.4 is 9.80 Å². The zero-order valence-corrected chi connectivity index (χ0v) is 16.8. The molecule has 0 spiro atoms. The maximum atomic E-state index is 4.89. The Bertz CT molecular complexity index is 936. The summed E-state index contributed by atoms with van der Waals surface area (Å²) in [5, 5.41) is 4.34. The van der Waals surface area contributed by atoms with Gasteiger partial charge in [-0.15, -0.1) is 0 Å². The predicted octanol–water partition coefficient (Wildman–Crippen LogP) is 1.41. The van der Waals surface area contributed by atoms with Crippen molar-refractivity contribution >= 4 is 11.9 Å². The fourth-order valence-electron chi connectivity index (χ4n) is 3.99. The van der Waals surface area contributed by atoms with Gasteiger partial charge in [0.2, 0.25) is 11.9 Å². The summed E-state index contributed by atoms with van der Waals surface area (Å²) >= 11 is 0. The van der Waals surface area contributed by atoms with Gasteiger partial charge < -0.3 is 14.7 Å². The predicted molar refractivity (Wildman–Crippen MR) is 113 cm³/mol. The van der Waals surface area contributed by atoms with Crippen LogP contribution in [0.5, 0.6) is 0 Å². The van der Waals surface area contributed by atoms with Gasteiger partial charge in [0.25, 0.3) is 5.95 Å². The Morgan fingerprint density at radius 2 is 1.28 bits per heavy atom. The lowest BCUT2D eigenvalue weighted by Gasteiger charge is -2.33. The molecule has 0 bridgehead atoms. The van der Waals surface area contributed by atoms with Crippen LogP contribution in [0.1, 0.15) is 11.1 Å². The van der Waals surface area contributed by atoms with E-state index in [1.54, 1.807) is 10.9 Å². The van der Waals surface area contributed by atoms with Gasteiger partial charge in [-0.05, 0) is 37.1 Å². The average Bonchev–Trinajstić information content (AvgIpc) is 3.21. The summed E-state index contributed by atoms with van der Waals surface area (Å²) in [5.41, 5.74) is 2.85. The van der Waals surface area contributed by atoms with Crippen molar-refractivity contribution in [2.24, 2.45) is 0 Å². The zero-order chi connectivity index (χ0) is 19.6. The zero-order valence-electron chi connectivity index (χ0n) is 16.8. The van der Waals surface area contributed by atoms with Crippen LogP contribution in [0.25, 0.3) is 5.95 Å². The van der Waals surface area contributed by atoms with Gasteiger partial charge in [0.15, 0.2) is 0 Å². The third kappa shape index (κ3) is 3.80. The van der Waals surface area contributed by atoms with E-state index in [1.165, 1.54) is 11.1 Å². The van der Waals surface area contributed by atoms with E-state index in [4.69, 9.17) is 15.0 Å². The van der Waals surface area contributed by atoms with Crippen LogP contribution in [0.3, 0.4) is 0 Å². The van der Waals surface area contributed by atoms with Crippen LogP contribution in [-0.2, 0) is 12.8 Å².